The molecule has 0 radical (unpaired) electrons. The molecule has 4 rings (SSSR count). The first kappa shape index (κ1) is 18.0. The van der Waals surface area contributed by atoms with Gasteiger partial charge in [0.2, 0.25) is 0 Å². The van der Waals surface area contributed by atoms with Gasteiger partial charge in [-0.3, -0.25) is 0 Å². The molecule has 0 aliphatic carbocycles. The Bertz CT molecular complexity index is 980. The lowest BCUT2D eigenvalue weighted by atomic mass is 9.97. The highest BCUT2D eigenvalue weighted by atomic mass is 35.5. The van der Waals surface area contributed by atoms with Gasteiger partial charge in [0.15, 0.2) is 0 Å². The van der Waals surface area contributed by atoms with Gasteiger partial charge in [-0.15, -0.1) is 0 Å². The Morgan fingerprint density at radius 3 is 2.63 bits per heavy atom. The lowest BCUT2D eigenvalue weighted by Gasteiger charge is -2.26. The lowest BCUT2D eigenvalue weighted by molar-refractivity contribution is 0.0176. The highest BCUT2D eigenvalue weighted by Crippen LogP contribution is 2.45. The third-order valence-corrected chi connectivity index (χ3v) is 5.30. The lowest BCUT2D eigenvalue weighted by Crippen LogP contribution is -2.14. The van der Waals surface area contributed by atoms with Crippen molar-refractivity contribution >= 4 is 17.3 Å². The quantitative estimate of drug-likeness (QED) is 0.608. The Kier molecular flexibility index (Phi) is 4.62. The third-order valence-electron chi connectivity index (χ3n) is 5.06. The second kappa shape index (κ2) is 6.95. The number of hydrogen-bond acceptors (Lipinski definition) is 3. The first-order chi connectivity index (χ1) is 13.0. The van der Waals surface area contributed by atoms with Crippen LogP contribution in [0.3, 0.4) is 0 Å². The topological polar surface area (TPSA) is 26.6 Å². The maximum absolute atomic E-state index is 6.56. The van der Waals surface area contributed by atoms with Gasteiger partial charge >= 0.3 is 0 Å². The number of methoxy groups -OCH3 is 1. The molecule has 27 heavy (non-hydrogen) atoms. The number of aromatic nitrogens is 1. The Morgan fingerprint density at radius 2 is 1.89 bits per heavy atom. The molecule has 2 aromatic carbocycles. The van der Waals surface area contributed by atoms with E-state index in [1.807, 2.05) is 49.3 Å². The zero-order chi connectivity index (χ0) is 19.1. The minimum absolute atomic E-state index is 0.0797. The van der Waals surface area contributed by atoms with E-state index >= 15 is 0 Å². The Morgan fingerprint density at radius 1 is 1.07 bits per heavy atom. The number of rotatable bonds is 3. The molecule has 0 fully saturated rings. The monoisotopic (exact) mass is 382 g/mol. The number of ether oxygens (including phenoxy) is 2. The molecule has 1 aliphatic rings. The summed E-state index contributed by atoms with van der Waals surface area (Å²) in [6.45, 7) is 2.08. The van der Waals surface area contributed by atoms with E-state index in [0.29, 0.717) is 5.02 Å². The van der Waals surface area contributed by atoms with Gasteiger partial charge in [0.05, 0.1) is 30.3 Å². The average Bonchev–Trinajstić information content (AvgIpc) is 3.11. The summed E-state index contributed by atoms with van der Waals surface area (Å²) in [6.07, 6.45) is 1.70. The van der Waals surface area contributed by atoms with E-state index in [9.17, 15) is 0 Å². The van der Waals surface area contributed by atoms with Gasteiger partial charge in [-0.1, -0.05) is 23.7 Å². The summed E-state index contributed by atoms with van der Waals surface area (Å²) in [5.41, 5.74) is 5.22. The molecule has 4 nitrogen and oxygen atoms in total. The highest BCUT2D eigenvalue weighted by Gasteiger charge is 2.31. The van der Waals surface area contributed by atoms with Crippen LogP contribution in [-0.2, 0) is 4.74 Å². The van der Waals surface area contributed by atoms with Crippen molar-refractivity contribution in [2.75, 3.05) is 26.1 Å². The smallest absolute Gasteiger partial charge is 0.148 e. The summed E-state index contributed by atoms with van der Waals surface area (Å²) in [7, 11) is 5.72. The van der Waals surface area contributed by atoms with Gasteiger partial charge in [0, 0.05) is 36.4 Å². The maximum Gasteiger partial charge on any atom is 0.148 e. The van der Waals surface area contributed by atoms with E-state index in [1.165, 1.54) is 0 Å². The summed E-state index contributed by atoms with van der Waals surface area (Å²) < 4.78 is 14.6. The predicted octanol–water partition coefficient (Wildman–Crippen LogP) is 5.39. The van der Waals surface area contributed by atoms with Crippen molar-refractivity contribution in [3.8, 4) is 11.4 Å². The SMILES string of the molecule is COc1c(C2OC(C)c3cccn3-c3ccc(Cl)cc32)cccc1N(C)C. The maximum atomic E-state index is 6.56. The zero-order valence-electron chi connectivity index (χ0n) is 15.9. The van der Waals surface area contributed by atoms with Gasteiger partial charge in [-0.25, -0.2) is 0 Å². The number of nitrogens with zero attached hydrogens (tertiary/aromatic N) is 2. The van der Waals surface area contributed by atoms with Crippen molar-refractivity contribution in [3.63, 3.8) is 0 Å². The van der Waals surface area contributed by atoms with Crippen LogP contribution < -0.4 is 9.64 Å². The van der Waals surface area contributed by atoms with Crippen molar-refractivity contribution < 1.29 is 9.47 Å². The van der Waals surface area contributed by atoms with E-state index in [4.69, 9.17) is 21.1 Å². The van der Waals surface area contributed by atoms with Crippen molar-refractivity contribution in [1.82, 2.24) is 4.57 Å². The molecule has 0 amide bonds. The standard InChI is InChI=1S/C22H23ClN2O2/c1-14-18-9-6-12-25(18)19-11-10-15(23)13-17(19)21(27-14)16-7-5-8-20(24(2)3)22(16)26-4/h5-14,21H,1-4H3. The predicted molar refractivity (Wildman–Crippen MR) is 109 cm³/mol. The highest BCUT2D eigenvalue weighted by molar-refractivity contribution is 6.30. The number of halogens is 1. The Balaban J connectivity index is 1.96. The second-order valence-electron chi connectivity index (χ2n) is 6.96. The van der Waals surface area contributed by atoms with Crippen molar-refractivity contribution in [2.24, 2.45) is 0 Å². The molecule has 2 atom stereocenters. The average molecular weight is 383 g/mol. The number of anilines is 1. The van der Waals surface area contributed by atoms with E-state index in [1.54, 1.807) is 7.11 Å². The summed E-state index contributed by atoms with van der Waals surface area (Å²) in [4.78, 5) is 2.05. The van der Waals surface area contributed by atoms with Gasteiger partial charge in [0.1, 0.15) is 11.9 Å². The van der Waals surface area contributed by atoms with Crippen LogP contribution in [-0.4, -0.2) is 25.8 Å². The van der Waals surface area contributed by atoms with Crippen LogP contribution >= 0.6 is 11.6 Å². The molecule has 1 aromatic heterocycles. The van der Waals surface area contributed by atoms with Gasteiger partial charge in [-0.05, 0) is 43.3 Å². The Hall–Kier alpha value is -2.43. The molecule has 0 saturated heterocycles. The summed E-state index contributed by atoms with van der Waals surface area (Å²) in [5, 5.41) is 0.688. The number of para-hydroxylation sites is 1. The summed E-state index contributed by atoms with van der Waals surface area (Å²) in [5.74, 6) is 0.817. The summed E-state index contributed by atoms with van der Waals surface area (Å²) >= 11 is 6.37. The van der Waals surface area contributed by atoms with E-state index in [2.05, 4.69) is 35.9 Å². The largest absolute Gasteiger partial charge is 0.494 e. The molecule has 2 unspecified atom stereocenters. The molecule has 0 saturated carbocycles. The van der Waals surface area contributed by atoms with Crippen LogP contribution in [0, 0.1) is 0 Å². The van der Waals surface area contributed by atoms with Gasteiger partial charge in [-0.2, -0.15) is 0 Å². The molecule has 3 aromatic rings. The molecule has 0 bridgehead atoms. The fourth-order valence-corrected chi connectivity index (χ4v) is 3.99. The molecule has 0 spiro atoms. The van der Waals surface area contributed by atoms with Crippen LogP contribution in [0.1, 0.15) is 36.0 Å². The van der Waals surface area contributed by atoms with Crippen molar-refractivity contribution in [3.05, 3.63) is 76.6 Å². The second-order valence-corrected chi connectivity index (χ2v) is 7.40. The van der Waals surface area contributed by atoms with E-state index < -0.39 is 0 Å². The van der Waals surface area contributed by atoms with Crippen molar-refractivity contribution in [2.45, 2.75) is 19.1 Å². The van der Waals surface area contributed by atoms with Gasteiger partial charge < -0.3 is 18.9 Å². The molecule has 140 valence electrons. The van der Waals surface area contributed by atoms with Crippen molar-refractivity contribution in [1.29, 1.82) is 0 Å². The van der Waals surface area contributed by atoms with Crippen LogP contribution in [0.25, 0.3) is 5.69 Å². The van der Waals surface area contributed by atoms with Crippen LogP contribution in [0.2, 0.25) is 5.02 Å². The minimum atomic E-state index is -0.288. The normalized spacial score (nSPS) is 18.4. The summed E-state index contributed by atoms with van der Waals surface area (Å²) in [6, 6.07) is 16.3. The zero-order valence-corrected chi connectivity index (χ0v) is 16.7. The van der Waals surface area contributed by atoms with Crippen LogP contribution in [0.5, 0.6) is 5.75 Å². The number of benzene rings is 2. The fourth-order valence-electron chi connectivity index (χ4n) is 3.81. The molecule has 5 heteroatoms. The number of hydrogen-bond donors (Lipinski definition) is 0. The molecule has 2 heterocycles. The molecule has 0 N–H and O–H groups in total. The first-order valence-electron chi connectivity index (χ1n) is 8.98. The number of fused-ring (bicyclic) bond motifs is 3. The van der Waals surface area contributed by atoms with E-state index in [0.717, 1.165) is 33.9 Å². The minimum Gasteiger partial charge on any atom is -0.494 e. The first-order valence-corrected chi connectivity index (χ1v) is 9.35. The van der Waals surface area contributed by atoms with Crippen LogP contribution in [0.15, 0.2) is 54.7 Å². The fraction of sp³-hybridized carbons (Fsp3) is 0.273. The molecular weight excluding hydrogens is 360 g/mol. The third kappa shape index (κ3) is 2.99. The van der Waals surface area contributed by atoms with E-state index in [-0.39, 0.29) is 12.2 Å². The van der Waals surface area contributed by atoms with Gasteiger partial charge in [0.25, 0.3) is 0 Å². The van der Waals surface area contributed by atoms with Crippen LogP contribution in [0.4, 0.5) is 5.69 Å². The molecule has 1 aliphatic heterocycles. The Labute approximate surface area is 164 Å². The molecular formula is C22H23ClN2O2.